The van der Waals surface area contributed by atoms with E-state index in [0.717, 1.165) is 41.5 Å². The van der Waals surface area contributed by atoms with E-state index in [1.54, 1.807) is 7.11 Å². The van der Waals surface area contributed by atoms with Gasteiger partial charge in [0.15, 0.2) is 0 Å². The van der Waals surface area contributed by atoms with Crippen LogP contribution in [0.5, 0.6) is 5.75 Å². The highest BCUT2D eigenvalue weighted by molar-refractivity contribution is 9.10. The molecule has 3 rings (SSSR count). The van der Waals surface area contributed by atoms with Gasteiger partial charge in [-0.1, -0.05) is 0 Å². The highest BCUT2D eigenvalue weighted by Crippen LogP contribution is 2.52. The van der Waals surface area contributed by atoms with Crippen molar-refractivity contribution in [3.63, 3.8) is 0 Å². The molecule has 0 radical (unpaired) electrons. The summed E-state index contributed by atoms with van der Waals surface area (Å²) in [5, 5.41) is 10.3. The third-order valence-electron chi connectivity index (χ3n) is 3.97. The lowest BCUT2D eigenvalue weighted by Crippen LogP contribution is -2.12. The maximum atomic E-state index is 10.3. The van der Waals surface area contributed by atoms with Gasteiger partial charge in [0, 0.05) is 5.56 Å². The van der Waals surface area contributed by atoms with Gasteiger partial charge >= 0.3 is 0 Å². The number of fused-ring (bicyclic) bond motifs is 1. The van der Waals surface area contributed by atoms with E-state index in [9.17, 15) is 5.11 Å². The van der Waals surface area contributed by atoms with Crippen LogP contribution in [0.3, 0.4) is 0 Å². The zero-order valence-electron chi connectivity index (χ0n) is 10.1. The molecule has 0 spiro atoms. The fourth-order valence-electron chi connectivity index (χ4n) is 2.77. The third-order valence-corrected chi connectivity index (χ3v) is 4.81. The SMILES string of the molecule is COc1c(C2(O)CC2)cc2c(c1Br)CCCC2. The molecule has 2 aliphatic rings. The Balaban J connectivity index is 2.18. The summed E-state index contributed by atoms with van der Waals surface area (Å²) in [6.07, 6.45) is 6.46. The van der Waals surface area contributed by atoms with E-state index in [0.29, 0.717) is 0 Å². The summed E-state index contributed by atoms with van der Waals surface area (Å²) in [5.74, 6) is 0.839. The van der Waals surface area contributed by atoms with Crippen molar-refractivity contribution in [2.45, 2.75) is 44.1 Å². The van der Waals surface area contributed by atoms with Crippen LogP contribution in [0.2, 0.25) is 0 Å². The zero-order chi connectivity index (χ0) is 12.0. The average Bonchev–Trinajstić information content (AvgIpc) is 3.08. The van der Waals surface area contributed by atoms with Gasteiger partial charge in [0.05, 0.1) is 17.2 Å². The maximum absolute atomic E-state index is 10.3. The molecule has 3 heteroatoms. The second kappa shape index (κ2) is 3.99. The molecule has 0 atom stereocenters. The number of methoxy groups -OCH3 is 1. The van der Waals surface area contributed by atoms with E-state index in [1.165, 1.54) is 24.0 Å². The highest BCUT2D eigenvalue weighted by atomic mass is 79.9. The van der Waals surface area contributed by atoms with Gasteiger partial charge in [0.25, 0.3) is 0 Å². The van der Waals surface area contributed by atoms with E-state index in [-0.39, 0.29) is 0 Å². The fourth-order valence-corrected chi connectivity index (χ4v) is 3.60. The minimum atomic E-state index is -0.625. The van der Waals surface area contributed by atoms with Crippen LogP contribution in [-0.4, -0.2) is 12.2 Å². The maximum Gasteiger partial charge on any atom is 0.139 e. The molecule has 2 aliphatic carbocycles. The third kappa shape index (κ3) is 1.80. The molecule has 1 aromatic rings. The lowest BCUT2D eigenvalue weighted by atomic mass is 9.88. The van der Waals surface area contributed by atoms with Crippen LogP contribution in [0.4, 0.5) is 0 Å². The number of benzene rings is 1. The van der Waals surface area contributed by atoms with E-state index in [1.807, 2.05) is 0 Å². The lowest BCUT2D eigenvalue weighted by molar-refractivity contribution is 0.147. The quantitative estimate of drug-likeness (QED) is 0.907. The Morgan fingerprint density at radius 3 is 2.65 bits per heavy atom. The van der Waals surface area contributed by atoms with Crippen LogP contribution in [0.25, 0.3) is 0 Å². The molecule has 1 fully saturated rings. The number of rotatable bonds is 2. The molecule has 0 unspecified atom stereocenters. The van der Waals surface area contributed by atoms with Crippen LogP contribution < -0.4 is 4.74 Å². The van der Waals surface area contributed by atoms with Gasteiger partial charge < -0.3 is 9.84 Å². The number of hydrogen-bond acceptors (Lipinski definition) is 2. The molecular weight excluding hydrogens is 280 g/mol. The van der Waals surface area contributed by atoms with Gasteiger partial charge in [-0.05, 0) is 71.6 Å². The Morgan fingerprint density at radius 2 is 2.00 bits per heavy atom. The highest BCUT2D eigenvalue weighted by Gasteiger charge is 2.45. The van der Waals surface area contributed by atoms with Gasteiger partial charge in [-0.25, -0.2) is 0 Å². The number of aryl methyl sites for hydroxylation is 1. The van der Waals surface area contributed by atoms with E-state index in [4.69, 9.17) is 4.74 Å². The Kier molecular flexibility index (Phi) is 2.71. The predicted molar refractivity (Wildman–Crippen MR) is 70.5 cm³/mol. The van der Waals surface area contributed by atoms with Crippen molar-refractivity contribution in [1.29, 1.82) is 0 Å². The average molecular weight is 297 g/mol. The first-order chi connectivity index (χ1) is 8.15. The minimum absolute atomic E-state index is 0.625. The molecule has 1 aromatic carbocycles. The van der Waals surface area contributed by atoms with Gasteiger partial charge in [-0.2, -0.15) is 0 Å². The molecular formula is C14H17BrO2. The first-order valence-corrected chi connectivity index (χ1v) is 7.06. The molecule has 1 N–H and O–H groups in total. The smallest absolute Gasteiger partial charge is 0.139 e. The van der Waals surface area contributed by atoms with Crippen molar-refractivity contribution in [3.8, 4) is 5.75 Å². The van der Waals surface area contributed by atoms with Crippen molar-refractivity contribution < 1.29 is 9.84 Å². The van der Waals surface area contributed by atoms with Crippen molar-refractivity contribution in [1.82, 2.24) is 0 Å². The Bertz CT molecular complexity index is 464. The fraction of sp³-hybridized carbons (Fsp3) is 0.571. The lowest BCUT2D eigenvalue weighted by Gasteiger charge is -2.23. The molecule has 2 nitrogen and oxygen atoms in total. The van der Waals surface area contributed by atoms with E-state index in [2.05, 4.69) is 22.0 Å². The molecule has 0 aliphatic heterocycles. The van der Waals surface area contributed by atoms with Crippen LogP contribution >= 0.6 is 15.9 Å². The van der Waals surface area contributed by atoms with Gasteiger partial charge in [-0.3, -0.25) is 0 Å². The Labute approximate surface area is 110 Å². The van der Waals surface area contributed by atoms with Crippen molar-refractivity contribution in [2.75, 3.05) is 7.11 Å². The molecule has 0 amide bonds. The molecule has 0 saturated heterocycles. The molecule has 0 aromatic heterocycles. The van der Waals surface area contributed by atoms with Crippen LogP contribution in [0.1, 0.15) is 42.4 Å². The largest absolute Gasteiger partial charge is 0.495 e. The molecule has 92 valence electrons. The summed E-state index contributed by atoms with van der Waals surface area (Å²) < 4.78 is 6.56. The summed E-state index contributed by atoms with van der Waals surface area (Å²) >= 11 is 3.66. The first kappa shape index (κ1) is 11.5. The first-order valence-electron chi connectivity index (χ1n) is 6.27. The number of ether oxygens (including phenoxy) is 1. The van der Waals surface area contributed by atoms with Crippen LogP contribution in [0, 0.1) is 0 Å². The van der Waals surface area contributed by atoms with Crippen LogP contribution in [0.15, 0.2) is 10.5 Å². The second-order valence-corrected chi connectivity index (χ2v) is 5.94. The van der Waals surface area contributed by atoms with E-state index >= 15 is 0 Å². The monoisotopic (exact) mass is 296 g/mol. The van der Waals surface area contributed by atoms with Gasteiger partial charge in [0.2, 0.25) is 0 Å². The standard InChI is InChI=1S/C14H17BrO2/c1-17-13-11(14(16)6-7-14)8-9-4-2-3-5-10(9)12(13)15/h8,16H,2-7H2,1H3. The molecule has 1 saturated carbocycles. The topological polar surface area (TPSA) is 29.5 Å². The van der Waals surface area contributed by atoms with Crippen molar-refractivity contribution in [2.24, 2.45) is 0 Å². The number of halogens is 1. The summed E-state index contributed by atoms with van der Waals surface area (Å²) in [6, 6.07) is 2.17. The Morgan fingerprint density at radius 1 is 1.29 bits per heavy atom. The predicted octanol–water partition coefficient (Wildman–Crippen LogP) is 3.32. The summed E-state index contributed by atoms with van der Waals surface area (Å²) in [6.45, 7) is 0. The molecule has 17 heavy (non-hydrogen) atoms. The number of aliphatic hydroxyl groups is 1. The van der Waals surface area contributed by atoms with Gasteiger partial charge in [-0.15, -0.1) is 0 Å². The second-order valence-electron chi connectivity index (χ2n) is 5.15. The number of hydrogen-bond donors (Lipinski definition) is 1. The van der Waals surface area contributed by atoms with E-state index < -0.39 is 5.60 Å². The molecule has 0 bridgehead atoms. The van der Waals surface area contributed by atoms with Gasteiger partial charge in [0.1, 0.15) is 5.75 Å². The Hall–Kier alpha value is -0.540. The summed E-state index contributed by atoms with van der Waals surface area (Å²) in [5.41, 5.74) is 3.12. The molecule has 0 heterocycles. The normalized spacial score (nSPS) is 20.9. The van der Waals surface area contributed by atoms with Crippen molar-refractivity contribution in [3.05, 3.63) is 27.2 Å². The summed E-state index contributed by atoms with van der Waals surface area (Å²) in [7, 11) is 1.69. The minimum Gasteiger partial charge on any atom is -0.495 e. The van der Waals surface area contributed by atoms with Crippen molar-refractivity contribution >= 4 is 15.9 Å². The zero-order valence-corrected chi connectivity index (χ0v) is 11.6. The van der Waals surface area contributed by atoms with Crippen LogP contribution in [-0.2, 0) is 18.4 Å². The summed E-state index contributed by atoms with van der Waals surface area (Å²) in [4.78, 5) is 0.